The van der Waals surface area contributed by atoms with Gasteiger partial charge in [-0.25, -0.2) is 9.78 Å². The fourth-order valence-corrected chi connectivity index (χ4v) is 1.19. The van der Waals surface area contributed by atoms with Crippen molar-refractivity contribution in [2.24, 2.45) is 0 Å². The quantitative estimate of drug-likeness (QED) is 0.630. The van der Waals surface area contributed by atoms with E-state index < -0.39 is 11.7 Å². The Bertz CT molecular complexity index is 478. The molecule has 0 bridgehead atoms. The van der Waals surface area contributed by atoms with Crippen LogP contribution in [0.15, 0.2) is 18.3 Å². The van der Waals surface area contributed by atoms with Gasteiger partial charge in [-0.2, -0.15) is 0 Å². The van der Waals surface area contributed by atoms with Crippen molar-refractivity contribution in [3.8, 4) is 11.8 Å². The number of nitrogens with one attached hydrogen (secondary N) is 1. The third kappa shape index (κ3) is 6.94. The van der Waals surface area contributed by atoms with Crippen LogP contribution in [0.2, 0.25) is 0 Å². The number of carbonyl (C=O) groups excluding carboxylic acids is 1. The first-order valence-corrected chi connectivity index (χ1v) is 6.04. The van der Waals surface area contributed by atoms with E-state index in [0.717, 1.165) is 5.56 Å². The van der Waals surface area contributed by atoms with Crippen molar-refractivity contribution in [1.82, 2.24) is 10.3 Å². The van der Waals surface area contributed by atoms with Gasteiger partial charge in [-0.3, -0.25) is 0 Å². The van der Waals surface area contributed by atoms with Crippen LogP contribution in [0.5, 0.6) is 0 Å². The third-order valence-electron chi connectivity index (χ3n) is 1.94. The highest BCUT2D eigenvalue weighted by molar-refractivity contribution is 5.67. The number of rotatable bonds is 2. The highest BCUT2D eigenvalue weighted by atomic mass is 16.6. The molecule has 3 N–H and O–H groups in total. The molecule has 5 heteroatoms. The third-order valence-corrected chi connectivity index (χ3v) is 1.94. The van der Waals surface area contributed by atoms with Gasteiger partial charge in [0.25, 0.3) is 0 Å². The number of anilines is 1. The van der Waals surface area contributed by atoms with Crippen molar-refractivity contribution in [2.75, 3.05) is 12.3 Å². The van der Waals surface area contributed by atoms with E-state index in [2.05, 4.69) is 22.1 Å². The number of nitrogen functional groups attached to an aromatic ring is 1. The number of nitrogens with two attached hydrogens (primary N) is 1. The minimum absolute atomic E-state index is 0.427. The molecule has 1 aromatic heterocycles. The number of amides is 1. The number of aromatic nitrogens is 1. The summed E-state index contributed by atoms with van der Waals surface area (Å²) in [6, 6.07) is 3.50. The van der Waals surface area contributed by atoms with E-state index >= 15 is 0 Å². The van der Waals surface area contributed by atoms with Crippen molar-refractivity contribution in [2.45, 2.75) is 32.8 Å². The van der Waals surface area contributed by atoms with Gasteiger partial charge in [0.2, 0.25) is 0 Å². The van der Waals surface area contributed by atoms with Gasteiger partial charge in [0, 0.05) is 24.7 Å². The van der Waals surface area contributed by atoms with Gasteiger partial charge in [0.05, 0.1) is 0 Å². The normalized spacial score (nSPS) is 10.3. The Morgan fingerprint density at radius 2 is 2.21 bits per heavy atom. The number of hydrogen-bond donors (Lipinski definition) is 2. The molecule has 1 amide bonds. The summed E-state index contributed by atoms with van der Waals surface area (Å²) < 4.78 is 5.09. The van der Waals surface area contributed by atoms with Crippen LogP contribution in [-0.2, 0) is 4.74 Å². The van der Waals surface area contributed by atoms with E-state index in [9.17, 15) is 4.79 Å². The second kappa shape index (κ2) is 6.64. The molecule has 0 aliphatic heterocycles. The zero-order valence-corrected chi connectivity index (χ0v) is 11.5. The number of ether oxygens (including phenoxy) is 1. The molecule has 1 heterocycles. The molecule has 0 aliphatic rings. The first kappa shape index (κ1) is 14.8. The van der Waals surface area contributed by atoms with E-state index in [1.165, 1.54) is 0 Å². The van der Waals surface area contributed by atoms with Crippen LogP contribution in [-0.4, -0.2) is 23.2 Å². The Labute approximate surface area is 113 Å². The zero-order chi connectivity index (χ0) is 14.3. The summed E-state index contributed by atoms with van der Waals surface area (Å²) in [5.74, 6) is 6.34. The maximum Gasteiger partial charge on any atom is 0.407 e. The van der Waals surface area contributed by atoms with E-state index in [0.29, 0.717) is 18.8 Å². The van der Waals surface area contributed by atoms with Crippen LogP contribution in [0.4, 0.5) is 10.6 Å². The van der Waals surface area contributed by atoms with Crippen molar-refractivity contribution >= 4 is 11.9 Å². The number of hydrogen-bond acceptors (Lipinski definition) is 4. The summed E-state index contributed by atoms with van der Waals surface area (Å²) in [6.45, 7) is 5.91. The number of nitrogens with zero attached hydrogens (tertiary/aromatic N) is 1. The minimum Gasteiger partial charge on any atom is -0.444 e. The summed E-state index contributed by atoms with van der Waals surface area (Å²) in [5.41, 5.74) is 5.78. The molecular formula is C14H19N3O2. The van der Waals surface area contributed by atoms with E-state index in [-0.39, 0.29) is 0 Å². The van der Waals surface area contributed by atoms with Gasteiger partial charge in [-0.1, -0.05) is 11.8 Å². The molecule has 0 fully saturated rings. The lowest BCUT2D eigenvalue weighted by Crippen LogP contribution is -2.32. The van der Waals surface area contributed by atoms with Gasteiger partial charge >= 0.3 is 6.09 Å². The Kier molecular flexibility index (Phi) is 5.19. The number of alkyl carbamates (subject to hydrolysis) is 1. The standard InChI is InChI=1S/C14H19N3O2/c1-14(2,3)19-13(18)16-9-5-4-6-11-7-8-12(15)17-10-11/h7-8,10H,5,9H2,1-3H3,(H2,15,17)(H,16,18). The lowest BCUT2D eigenvalue weighted by molar-refractivity contribution is 0.0529. The Morgan fingerprint density at radius 3 is 2.79 bits per heavy atom. The molecule has 0 saturated carbocycles. The Balaban J connectivity index is 2.28. The maximum absolute atomic E-state index is 11.3. The lowest BCUT2D eigenvalue weighted by Gasteiger charge is -2.19. The predicted molar refractivity (Wildman–Crippen MR) is 74.4 cm³/mol. The van der Waals surface area contributed by atoms with Crippen molar-refractivity contribution < 1.29 is 9.53 Å². The summed E-state index contributed by atoms with van der Waals surface area (Å²) in [6.07, 6.45) is 1.73. The summed E-state index contributed by atoms with van der Waals surface area (Å²) in [5, 5.41) is 2.64. The summed E-state index contributed by atoms with van der Waals surface area (Å²) >= 11 is 0. The molecule has 0 saturated heterocycles. The molecule has 0 radical (unpaired) electrons. The minimum atomic E-state index is -0.481. The predicted octanol–water partition coefficient (Wildman–Crippen LogP) is 1.93. The average molecular weight is 261 g/mol. The van der Waals surface area contributed by atoms with Crippen molar-refractivity contribution in [3.63, 3.8) is 0 Å². The van der Waals surface area contributed by atoms with Crippen LogP contribution in [0.3, 0.4) is 0 Å². The molecule has 0 spiro atoms. The van der Waals surface area contributed by atoms with Crippen molar-refractivity contribution in [1.29, 1.82) is 0 Å². The average Bonchev–Trinajstić information content (AvgIpc) is 2.29. The summed E-state index contributed by atoms with van der Waals surface area (Å²) in [7, 11) is 0. The highest BCUT2D eigenvalue weighted by Gasteiger charge is 2.15. The van der Waals surface area contributed by atoms with E-state index in [4.69, 9.17) is 10.5 Å². The molecule has 1 aromatic rings. The van der Waals surface area contributed by atoms with Crippen LogP contribution in [0.1, 0.15) is 32.8 Å². The van der Waals surface area contributed by atoms with E-state index in [1.807, 2.05) is 20.8 Å². The summed E-state index contributed by atoms with van der Waals surface area (Å²) in [4.78, 5) is 15.3. The number of carbonyl (C=O) groups is 1. The topological polar surface area (TPSA) is 77.2 Å². The second-order valence-corrected chi connectivity index (χ2v) is 4.95. The van der Waals surface area contributed by atoms with Crippen LogP contribution in [0, 0.1) is 11.8 Å². The van der Waals surface area contributed by atoms with Gasteiger partial charge < -0.3 is 15.8 Å². The molecule has 0 atom stereocenters. The fourth-order valence-electron chi connectivity index (χ4n) is 1.19. The molecule has 19 heavy (non-hydrogen) atoms. The largest absolute Gasteiger partial charge is 0.444 e. The van der Waals surface area contributed by atoms with Crippen molar-refractivity contribution in [3.05, 3.63) is 23.9 Å². The van der Waals surface area contributed by atoms with Gasteiger partial charge in [0.15, 0.2) is 0 Å². The first-order valence-electron chi connectivity index (χ1n) is 6.04. The van der Waals surface area contributed by atoms with Crippen LogP contribution in [0.25, 0.3) is 0 Å². The van der Waals surface area contributed by atoms with Gasteiger partial charge in [-0.05, 0) is 32.9 Å². The maximum atomic E-state index is 11.3. The number of pyridine rings is 1. The molecule has 0 unspecified atom stereocenters. The molecule has 0 aliphatic carbocycles. The van der Waals surface area contributed by atoms with E-state index in [1.54, 1.807) is 18.3 Å². The highest BCUT2D eigenvalue weighted by Crippen LogP contribution is 2.06. The Hall–Kier alpha value is -2.22. The SMILES string of the molecule is CC(C)(C)OC(=O)NCCC#Cc1ccc(N)nc1. The molecule has 5 nitrogen and oxygen atoms in total. The van der Waals surface area contributed by atoms with Gasteiger partial charge in [0.1, 0.15) is 11.4 Å². The van der Waals surface area contributed by atoms with Crippen LogP contribution >= 0.6 is 0 Å². The lowest BCUT2D eigenvalue weighted by atomic mass is 10.2. The molecule has 102 valence electrons. The molecule has 1 rings (SSSR count). The Morgan fingerprint density at radius 1 is 1.47 bits per heavy atom. The molecular weight excluding hydrogens is 242 g/mol. The monoisotopic (exact) mass is 261 g/mol. The zero-order valence-electron chi connectivity index (χ0n) is 11.5. The van der Waals surface area contributed by atoms with Gasteiger partial charge in [-0.15, -0.1) is 0 Å². The molecule has 0 aromatic carbocycles. The smallest absolute Gasteiger partial charge is 0.407 e. The first-order chi connectivity index (χ1) is 8.87. The second-order valence-electron chi connectivity index (χ2n) is 4.95. The fraction of sp³-hybridized carbons (Fsp3) is 0.429. The van der Waals surface area contributed by atoms with Crippen LogP contribution < -0.4 is 11.1 Å².